The van der Waals surface area contributed by atoms with Gasteiger partial charge < -0.3 is 9.52 Å². The molecule has 0 bridgehead atoms. The molecule has 9 heteroatoms. The van der Waals surface area contributed by atoms with E-state index in [1.807, 2.05) is 37.3 Å². The number of carboxylic acid groups (broad SMARTS) is 1. The van der Waals surface area contributed by atoms with E-state index < -0.39 is 21.4 Å². The number of carboxylic acids is 1. The zero-order valence-corrected chi connectivity index (χ0v) is 22.9. The van der Waals surface area contributed by atoms with Crippen LogP contribution in [-0.2, 0) is 14.8 Å². The number of anilines is 1. The largest absolute Gasteiger partial charge is 0.481 e. The molecule has 8 nitrogen and oxygen atoms in total. The summed E-state index contributed by atoms with van der Waals surface area (Å²) in [5, 5.41) is 10.3. The lowest BCUT2D eigenvalue weighted by atomic mass is 9.66. The van der Waals surface area contributed by atoms with Gasteiger partial charge in [-0.25, -0.2) is 8.42 Å². The van der Waals surface area contributed by atoms with Gasteiger partial charge in [-0.1, -0.05) is 43.2 Å². The number of Topliss-reactive ketones (excluding diaryl/α,β-unsaturated/α-hetero) is 1. The van der Waals surface area contributed by atoms with E-state index in [1.165, 1.54) is 4.31 Å². The van der Waals surface area contributed by atoms with Crippen LogP contribution in [0.5, 0.6) is 0 Å². The number of carbonyl (C=O) groups is 2. The molecule has 2 aliphatic carbocycles. The highest BCUT2D eigenvalue weighted by Gasteiger charge is 2.44. The highest BCUT2D eigenvalue weighted by Crippen LogP contribution is 2.48. The minimum atomic E-state index is -3.71. The van der Waals surface area contributed by atoms with E-state index in [-0.39, 0.29) is 24.0 Å². The fourth-order valence-corrected chi connectivity index (χ4v) is 6.37. The zero-order chi connectivity index (χ0) is 27.2. The number of hydrogen-bond donors (Lipinski definition) is 1. The number of hydrogen-bond acceptors (Lipinski definition) is 6. The Bertz CT molecular complexity index is 1500. The SMILES string of the molecule is CCC(=O)c1c(-c2ccc(C)cc2)oc2nc(N(CCCC3(C(=O)O)CCC3)S(C)(=O)=O)c(C3CC3)cc12. The summed E-state index contributed by atoms with van der Waals surface area (Å²) in [6, 6.07) is 9.61. The van der Waals surface area contributed by atoms with E-state index in [2.05, 4.69) is 0 Å². The van der Waals surface area contributed by atoms with Crippen LogP contribution in [0.4, 0.5) is 5.82 Å². The van der Waals surface area contributed by atoms with Crippen LogP contribution in [0.2, 0.25) is 0 Å². The van der Waals surface area contributed by atoms with Gasteiger partial charge >= 0.3 is 5.97 Å². The predicted molar refractivity (Wildman–Crippen MR) is 146 cm³/mol. The molecule has 0 unspecified atom stereocenters. The van der Waals surface area contributed by atoms with E-state index in [0.717, 1.165) is 42.2 Å². The molecule has 3 aromatic rings. The van der Waals surface area contributed by atoms with Crippen LogP contribution in [-0.4, -0.2) is 43.1 Å². The highest BCUT2D eigenvalue weighted by atomic mass is 32.2. The fourth-order valence-electron chi connectivity index (χ4n) is 5.45. The third kappa shape index (κ3) is 4.84. The minimum absolute atomic E-state index is 0.0601. The molecule has 2 aliphatic rings. The quantitative estimate of drug-likeness (QED) is 0.294. The molecule has 0 spiro atoms. The summed E-state index contributed by atoms with van der Waals surface area (Å²) < 4.78 is 33.5. The molecule has 5 rings (SSSR count). The number of nitrogens with zero attached hydrogens (tertiary/aromatic N) is 2. The van der Waals surface area contributed by atoms with Crippen molar-refractivity contribution in [2.45, 2.75) is 71.1 Å². The molecule has 0 aliphatic heterocycles. The lowest BCUT2D eigenvalue weighted by Gasteiger charge is -2.38. The van der Waals surface area contributed by atoms with Crippen molar-refractivity contribution in [3.63, 3.8) is 0 Å². The molecule has 0 amide bonds. The van der Waals surface area contributed by atoms with Crippen molar-refractivity contribution in [3.05, 3.63) is 47.0 Å². The summed E-state index contributed by atoms with van der Waals surface area (Å²) in [5.41, 5.74) is 2.59. The smallest absolute Gasteiger partial charge is 0.309 e. The third-order valence-corrected chi connectivity index (χ3v) is 9.20. The number of aliphatic carboxylic acids is 1. The molecule has 38 heavy (non-hydrogen) atoms. The van der Waals surface area contributed by atoms with E-state index >= 15 is 0 Å². The Morgan fingerprint density at radius 1 is 1.18 bits per heavy atom. The van der Waals surface area contributed by atoms with Crippen LogP contribution in [0.15, 0.2) is 34.7 Å². The Labute approximate surface area is 223 Å². The normalized spacial score (nSPS) is 16.8. The first-order chi connectivity index (χ1) is 18.0. The van der Waals surface area contributed by atoms with Gasteiger partial charge in [-0.15, -0.1) is 0 Å². The Hall–Kier alpha value is -3.20. The monoisotopic (exact) mass is 538 g/mol. The van der Waals surface area contributed by atoms with Crippen LogP contribution >= 0.6 is 0 Å². The van der Waals surface area contributed by atoms with Gasteiger partial charge in [0.1, 0.15) is 11.6 Å². The maximum Gasteiger partial charge on any atom is 0.309 e. The van der Waals surface area contributed by atoms with Crippen LogP contribution in [0, 0.1) is 12.3 Å². The summed E-state index contributed by atoms with van der Waals surface area (Å²) in [4.78, 5) is 29.7. The summed E-state index contributed by atoms with van der Waals surface area (Å²) >= 11 is 0. The molecule has 2 heterocycles. The van der Waals surface area contributed by atoms with Crippen molar-refractivity contribution >= 4 is 38.7 Å². The predicted octanol–water partition coefficient (Wildman–Crippen LogP) is 6.07. The second-order valence-corrected chi connectivity index (χ2v) is 12.8. The fraction of sp³-hybridized carbons (Fsp3) is 0.483. The van der Waals surface area contributed by atoms with Gasteiger partial charge in [0, 0.05) is 18.5 Å². The number of aryl methyl sites for hydroxylation is 1. The average molecular weight is 539 g/mol. The lowest BCUT2D eigenvalue weighted by Crippen LogP contribution is -2.39. The first-order valence-electron chi connectivity index (χ1n) is 13.3. The number of furan rings is 1. The summed E-state index contributed by atoms with van der Waals surface area (Å²) in [7, 11) is -3.71. The minimum Gasteiger partial charge on any atom is -0.481 e. The molecule has 2 fully saturated rings. The topological polar surface area (TPSA) is 118 Å². The first-order valence-corrected chi connectivity index (χ1v) is 15.2. The van der Waals surface area contributed by atoms with Crippen LogP contribution in [0.1, 0.15) is 85.7 Å². The number of sulfonamides is 1. The number of rotatable bonds is 11. The maximum absolute atomic E-state index is 13.1. The van der Waals surface area contributed by atoms with E-state index in [4.69, 9.17) is 9.40 Å². The van der Waals surface area contributed by atoms with Gasteiger partial charge in [0.25, 0.3) is 0 Å². The number of carbonyl (C=O) groups excluding carboxylic acids is 1. The molecule has 1 aromatic carbocycles. The van der Waals surface area contributed by atoms with Crippen molar-refractivity contribution < 1.29 is 27.5 Å². The summed E-state index contributed by atoms with van der Waals surface area (Å²) in [6.45, 7) is 3.93. The van der Waals surface area contributed by atoms with Gasteiger partial charge in [-0.3, -0.25) is 13.9 Å². The van der Waals surface area contributed by atoms with Gasteiger partial charge in [-0.05, 0) is 63.0 Å². The first kappa shape index (κ1) is 26.4. The number of fused-ring (bicyclic) bond motifs is 1. The Morgan fingerprint density at radius 3 is 2.39 bits per heavy atom. The Morgan fingerprint density at radius 2 is 1.87 bits per heavy atom. The number of aromatic nitrogens is 1. The Balaban J connectivity index is 1.59. The van der Waals surface area contributed by atoms with Crippen molar-refractivity contribution in [2.75, 3.05) is 17.1 Å². The summed E-state index contributed by atoms with van der Waals surface area (Å²) in [6.07, 6.45) is 6.25. The third-order valence-electron chi connectivity index (χ3n) is 8.04. The van der Waals surface area contributed by atoms with Gasteiger partial charge in [0.05, 0.1) is 22.6 Å². The molecule has 202 valence electrons. The van der Waals surface area contributed by atoms with E-state index in [1.54, 1.807) is 6.92 Å². The molecule has 0 saturated heterocycles. The molecule has 0 atom stereocenters. The molecule has 2 saturated carbocycles. The summed E-state index contributed by atoms with van der Waals surface area (Å²) in [5.74, 6) is 0.0541. The maximum atomic E-state index is 13.1. The average Bonchev–Trinajstić information content (AvgIpc) is 3.62. The van der Waals surface area contributed by atoms with E-state index in [9.17, 15) is 23.1 Å². The van der Waals surface area contributed by atoms with Crippen molar-refractivity contribution in [1.29, 1.82) is 0 Å². The Kier molecular flexibility index (Phi) is 6.84. The van der Waals surface area contributed by atoms with Gasteiger partial charge in [-0.2, -0.15) is 4.98 Å². The van der Waals surface area contributed by atoms with Crippen molar-refractivity contribution in [1.82, 2.24) is 4.98 Å². The van der Waals surface area contributed by atoms with Crippen molar-refractivity contribution in [3.8, 4) is 11.3 Å². The van der Waals surface area contributed by atoms with Gasteiger partial charge in [0.15, 0.2) is 5.78 Å². The van der Waals surface area contributed by atoms with E-state index in [0.29, 0.717) is 54.6 Å². The molecule has 0 radical (unpaired) electrons. The highest BCUT2D eigenvalue weighted by molar-refractivity contribution is 7.92. The van der Waals surface area contributed by atoms with Crippen LogP contribution in [0.25, 0.3) is 22.4 Å². The number of pyridine rings is 1. The second kappa shape index (κ2) is 9.84. The van der Waals surface area contributed by atoms with Crippen LogP contribution in [0.3, 0.4) is 0 Å². The molecular formula is C29H34N2O6S. The lowest BCUT2D eigenvalue weighted by molar-refractivity contribution is -0.155. The van der Waals surface area contributed by atoms with Crippen LogP contribution < -0.4 is 4.31 Å². The standard InChI is InChI=1S/C29H34N2O6S/c1-4-23(32)24-22-17-21(19-11-12-19)26(30-27(22)37-25(24)20-9-7-18(2)8-10-20)31(38(3,35)36)16-6-15-29(28(33)34)13-5-14-29/h7-10,17,19H,4-6,11-16H2,1-3H3,(H,33,34). The van der Waals surface area contributed by atoms with Gasteiger partial charge in [0.2, 0.25) is 15.7 Å². The number of ketones is 1. The molecular weight excluding hydrogens is 504 g/mol. The molecule has 2 aromatic heterocycles. The zero-order valence-electron chi connectivity index (χ0n) is 22.1. The molecule has 1 N–H and O–H groups in total. The number of benzene rings is 1. The second-order valence-electron chi connectivity index (χ2n) is 10.9. The van der Waals surface area contributed by atoms with Crippen molar-refractivity contribution in [2.24, 2.45) is 5.41 Å².